The zero-order valence-electron chi connectivity index (χ0n) is 19.6. The number of carbonyl (C=O) groups is 1. The number of amides is 1. The summed E-state index contributed by atoms with van der Waals surface area (Å²) in [6.07, 6.45) is 10.1. The molecule has 1 aromatic carbocycles. The fraction of sp³-hybridized carbons (Fsp3) is 0.500. The molecule has 3 aromatic rings. The third-order valence-electron chi connectivity index (χ3n) is 7.00. The molecule has 0 bridgehead atoms. The number of nitrogens with one attached hydrogen (secondary N) is 2. The summed E-state index contributed by atoms with van der Waals surface area (Å²) in [5, 5.41) is 12.2. The number of fused-ring (bicyclic) bond motifs is 2. The van der Waals surface area contributed by atoms with Crippen LogP contribution in [0, 0.1) is 0 Å². The minimum Gasteiger partial charge on any atom is -0.381 e. The van der Waals surface area contributed by atoms with E-state index in [-0.39, 0.29) is 18.0 Å². The average Bonchev–Trinajstić information content (AvgIpc) is 3.28. The van der Waals surface area contributed by atoms with E-state index in [1.807, 2.05) is 17.8 Å². The minimum absolute atomic E-state index is 0.0882. The monoisotopic (exact) mass is 447 g/mol. The van der Waals surface area contributed by atoms with Gasteiger partial charge in [0.15, 0.2) is 5.65 Å². The molecule has 1 aliphatic heterocycles. The van der Waals surface area contributed by atoms with Gasteiger partial charge in [0.2, 0.25) is 0 Å². The van der Waals surface area contributed by atoms with Gasteiger partial charge in [-0.2, -0.15) is 5.10 Å². The SMILES string of the molecule is CCn1ncc2c(NC3CCOCC3)c(C(=O)NC(C)c3ccc4c(c3)CCCC4)cnc21. The van der Waals surface area contributed by atoms with E-state index in [1.54, 1.807) is 6.20 Å². The van der Waals surface area contributed by atoms with Crippen LogP contribution in [-0.4, -0.2) is 39.9 Å². The molecule has 1 fully saturated rings. The first-order valence-corrected chi connectivity index (χ1v) is 12.3. The topological polar surface area (TPSA) is 81.1 Å². The van der Waals surface area contributed by atoms with Crippen molar-refractivity contribution in [3.05, 3.63) is 52.8 Å². The predicted octanol–water partition coefficient (Wildman–Crippen LogP) is 4.41. The van der Waals surface area contributed by atoms with Gasteiger partial charge in [-0.25, -0.2) is 9.67 Å². The first-order valence-electron chi connectivity index (χ1n) is 12.3. The van der Waals surface area contributed by atoms with Gasteiger partial charge >= 0.3 is 0 Å². The van der Waals surface area contributed by atoms with Crippen molar-refractivity contribution in [1.82, 2.24) is 20.1 Å². The van der Waals surface area contributed by atoms with E-state index in [0.717, 1.165) is 67.7 Å². The lowest BCUT2D eigenvalue weighted by atomic mass is 9.89. The third kappa shape index (κ3) is 4.47. The van der Waals surface area contributed by atoms with Crippen molar-refractivity contribution in [2.24, 2.45) is 0 Å². The molecule has 3 heterocycles. The standard InChI is InChI=1S/C26H33N5O2/c1-3-31-25-22(16-28-31)24(30-21-10-12-33-13-11-21)23(15-27-25)26(32)29-17(2)19-9-8-18-6-4-5-7-20(18)14-19/h8-9,14-17,21H,3-7,10-13H2,1-2H3,(H,27,30)(H,29,32). The second kappa shape index (κ2) is 9.51. The molecule has 0 saturated carbocycles. The van der Waals surface area contributed by atoms with E-state index < -0.39 is 0 Å². The summed E-state index contributed by atoms with van der Waals surface area (Å²) in [6, 6.07) is 6.84. The smallest absolute Gasteiger partial charge is 0.255 e. The van der Waals surface area contributed by atoms with Crippen LogP contribution in [0.15, 0.2) is 30.6 Å². The Morgan fingerprint density at radius 2 is 1.97 bits per heavy atom. The van der Waals surface area contributed by atoms with Crippen molar-refractivity contribution < 1.29 is 9.53 Å². The Morgan fingerprint density at radius 3 is 2.76 bits per heavy atom. The molecule has 33 heavy (non-hydrogen) atoms. The number of nitrogens with zero attached hydrogens (tertiary/aromatic N) is 3. The number of rotatable bonds is 6. The van der Waals surface area contributed by atoms with Gasteiger partial charge < -0.3 is 15.4 Å². The molecular formula is C26H33N5O2. The van der Waals surface area contributed by atoms with Crippen LogP contribution in [0.3, 0.4) is 0 Å². The molecule has 1 aliphatic carbocycles. The first kappa shape index (κ1) is 21.9. The maximum Gasteiger partial charge on any atom is 0.255 e. The second-order valence-electron chi connectivity index (χ2n) is 9.21. The fourth-order valence-corrected chi connectivity index (χ4v) is 5.01. The van der Waals surface area contributed by atoms with Gasteiger partial charge in [-0.3, -0.25) is 4.79 Å². The first-order chi connectivity index (χ1) is 16.1. The lowest BCUT2D eigenvalue weighted by Gasteiger charge is -2.26. The highest BCUT2D eigenvalue weighted by atomic mass is 16.5. The van der Waals surface area contributed by atoms with Crippen LogP contribution in [0.2, 0.25) is 0 Å². The summed E-state index contributed by atoms with van der Waals surface area (Å²) in [4.78, 5) is 18.1. The maximum absolute atomic E-state index is 13.5. The van der Waals surface area contributed by atoms with Crippen molar-refractivity contribution in [2.75, 3.05) is 18.5 Å². The van der Waals surface area contributed by atoms with E-state index in [9.17, 15) is 4.79 Å². The molecule has 7 heteroatoms. The number of aryl methyl sites for hydroxylation is 3. The Balaban J connectivity index is 1.42. The Morgan fingerprint density at radius 1 is 1.18 bits per heavy atom. The largest absolute Gasteiger partial charge is 0.381 e. The van der Waals surface area contributed by atoms with Gasteiger partial charge in [0, 0.05) is 32.0 Å². The van der Waals surface area contributed by atoms with Crippen molar-refractivity contribution in [1.29, 1.82) is 0 Å². The van der Waals surface area contributed by atoms with Gasteiger partial charge in [-0.1, -0.05) is 18.2 Å². The molecule has 0 spiro atoms. The maximum atomic E-state index is 13.5. The number of ether oxygens (including phenoxy) is 1. The molecule has 2 N–H and O–H groups in total. The average molecular weight is 448 g/mol. The van der Waals surface area contributed by atoms with E-state index in [2.05, 4.69) is 45.8 Å². The summed E-state index contributed by atoms with van der Waals surface area (Å²) < 4.78 is 7.38. The molecule has 1 saturated heterocycles. The molecular weight excluding hydrogens is 414 g/mol. The number of aromatic nitrogens is 3. The zero-order chi connectivity index (χ0) is 22.8. The van der Waals surface area contributed by atoms with Crippen LogP contribution in [0.1, 0.15) is 72.6 Å². The number of anilines is 1. The quantitative estimate of drug-likeness (QED) is 0.585. The van der Waals surface area contributed by atoms with Gasteiger partial charge in [-0.15, -0.1) is 0 Å². The number of hydrogen-bond acceptors (Lipinski definition) is 5. The molecule has 5 rings (SSSR count). The summed E-state index contributed by atoms with van der Waals surface area (Å²) in [5.74, 6) is -0.117. The Bertz CT molecular complexity index is 1150. The van der Waals surface area contributed by atoms with E-state index in [0.29, 0.717) is 5.56 Å². The highest BCUT2D eigenvalue weighted by Crippen LogP contribution is 2.29. The lowest BCUT2D eigenvalue weighted by Crippen LogP contribution is -2.31. The third-order valence-corrected chi connectivity index (χ3v) is 7.00. The molecule has 0 radical (unpaired) electrons. The minimum atomic E-state index is -0.117. The Hall–Kier alpha value is -2.93. The van der Waals surface area contributed by atoms with E-state index >= 15 is 0 Å². The summed E-state index contributed by atoms with van der Waals surface area (Å²) in [7, 11) is 0. The van der Waals surface area contributed by atoms with Crippen LogP contribution in [0.25, 0.3) is 11.0 Å². The Labute approximate surface area is 194 Å². The van der Waals surface area contributed by atoms with Gasteiger partial charge in [-0.05, 0) is 69.1 Å². The van der Waals surface area contributed by atoms with Crippen LogP contribution in [0.5, 0.6) is 0 Å². The molecule has 7 nitrogen and oxygen atoms in total. The molecule has 174 valence electrons. The summed E-state index contributed by atoms with van der Waals surface area (Å²) >= 11 is 0. The predicted molar refractivity (Wildman–Crippen MR) is 130 cm³/mol. The summed E-state index contributed by atoms with van der Waals surface area (Å²) in [5.41, 5.74) is 6.21. The number of hydrogen-bond donors (Lipinski definition) is 2. The molecule has 2 aromatic heterocycles. The van der Waals surface area contributed by atoms with Crippen LogP contribution in [0.4, 0.5) is 5.69 Å². The molecule has 1 amide bonds. The molecule has 1 atom stereocenters. The van der Waals surface area contributed by atoms with Crippen molar-refractivity contribution in [3.8, 4) is 0 Å². The van der Waals surface area contributed by atoms with Gasteiger partial charge in [0.1, 0.15) is 0 Å². The summed E-state index contributed by atoms with van der Waals surface area (Å²) in [6.45, 7) is 6.29. The van der Waals surface area contributed by atoms with Crippen LogP contribution in [-0.2, 0) is 24.1 Å². The van der Waals surface area contributed by atoms with E-state index in [4.69, 9.17) is 4.74 Å². The fourth-order valence-electron chi connectivity index (χ4n) is 5.01. The van der Waals surface area contributed by atoms with Crippen LogP contribution < -0.4 is 10.6 Å². The van der Waals surface area contributed by atoms with Crippen molar-refractivity contribution >= 4 is 22.6 Å². The van der Waals surface area contributed by atoms with Crippen LogP contribution >= 0.6 is 0 Å². The second-order valence-corrected chi connectivity index (χ2v) is 9.21. The van der Waals surface area contributed by atoms with Crippen molar-refractivity contribution in [3.63, 3.8) is 0 Å². The van der Waals surface area contributed by atoms with Gasteiger partial charge in [0.25, 0.3) is 5.91 Å². The zero-order valence-corrected chi connectivity index (χ0v) is 19.6. The number of pyridine rings is 1. The lowest BCUT2D eigenvalue weighted by molar-refractivity contribution is 0.0903. The Kier molecular flexibility index (Phi) is 6.31. The molecule has 2 aliphatic rings. The van der Waals surface area contributed by atoms with Gasteiger partial charge in [0.05, 0.1) is 28.9 Å². The van der Waals surface area contributed by atoms with Crippen molar-refractivity contribution in [2.45, 2.75) is 71.0 Å². The normalized spacial score (nSPS) is 17.5. The van der Waals surface area contributed by atoms with E-state index in [1.165, 1.54) is 24.0 Å². The number of benzene rings is 1. The highest BCUT2D eigenvalue weighted by Gasteiger charge is 2.23. The number of carbonyl (C=O) groups excluding carboxylic acids is 1. The molecule has 1 unspecified atom stereocenters. The highest BCUT2D eigenvalue weighted by molar-refractivity contribution is 6.06.